The highest BCUT2D eigenvalue weighted by Gasteiger charge is 2.36. The molecule has 1 aromatic carbocycles. The molecule has 0 saturated heterocycles. The van der Waals surface area contributed by atoms with Gasteiger partial charge in [0, 0.05) is 26.4 Å². The van der Waals surface area contributed by atoms with Crippen LogP contribution in [0.25, 0.3) is 0 Å². The van der Waals surface area contributed by atoms with Gasteiger partial charge in [-0.05, 0) is 36.8 Å². The van der Waals surface area contributed by atoms with Gasteiger partial charge < -0.3 is 15.0 Å². The van der Waals surface area contributed by atoms with Crippen molar-refractivity contribution in [1.82, 2.24) is 5.32 Å². The molecule has 1 aromatic rings. The highest BCUT2D eigenvalue weighted by atomic mass is 16.5. The third-order valence-electron chi connectivity index (χ3n) is 4.81. The summed E-state index contributed by atoms with van der Waals surface area (Å²) in [6.07, 6.45) is 2.78. The highest BCUT2D eigenvalue weighted by Crippen LogP contribution is 2.31. The number of anilines is 1. The zero-order valence-electron chi connectivity index (χ0n) is 13.0. The van der Waals surface area contributed by atoms with Crippen LogP contribution in [0, 0.1) is 11.8 Å². The number of nitrogens with zero attached hydrogens (tertiary/aromatic N) is 1. The van der Waals surface area contributed by atoms with Crippen molar-refractivity contribution in [3.8, 4) is 0 Å². The van der Waals surface area contributed by atoms with E-state index in [9.17, 15) is 9.59 Å². The van der Waals surface area contributed by atoms with Gasteiger partial charge >= 0.3 is 0 Å². The summed E-state index contributed by atoms with van der Waals surface area (Å²) in [5, 5.41) is 2.94. The van der Waals surface area contributed by atoms with Crippen LogP contribution in [0.1, 0.15) is 18.4 Å². The maximum atomic E-state index is 12.4. The molecule has 5 heteroatoms. The zero-order chi connectivity index (χ0) is 15.7. The van der Waals surface area contributed by atoms with E-state index in [-0.39, 0.29) is 11.8 Å². The molecule has 1 aliphatic heterocycles. The molecule has 1 N–H and O–H groups in total. The van der Waals surface area contributed by atoms with Crippen molar-refractivity contribution in [1.29, 1.82) is 0 Å². The fourth-order valence-corrected chi connectivity index (χ4v) is 3.28. The molecule has 0 aromatic heterocycles. The van der Waals surface area contributed by atoms with Gasteiger partial charge in [0.15, 0.2) is 0 Å². The van der Waals surface area contributed by atoms with E-state index < -0.39 is 5.92 Å². The van der Waals surface area contributed by atoms with Crippen molar-refractivity contribution in [2.45, 2.75) is 25.4 Å². The van der Waals surface area contributed by atoms with E-state index in [1.807, 2.05) is 24.3 Å². The number of fused-ring (bicyclic) bond motifs is 1. The number of hydrogen-bond donors (Lipinski definition) is 1. The van der Waals surface area contributed by atoms with Gasteiger partial charge in [0.1, 0.15) is 5.92 Å². The summed E-state index contributed by atoms with van der Waals surface area (Å²) in [7, 11) is 3.45. The molecule has 1 fully saturated rings. The monoisotopic (exact) mass is 302 g/mol. The van der Waals surface area contributed by atoms with Gasteiger partial charge in [-0.3, -0.25) is 9.59 Å². The van der Waals surface area contributed by atoms with Crippen LogP contribution < -0.4 is 10.2 Å². The van der Waals surface area contributed by atoms with Crippen LogP contribution in [-0.2, 0) is 20.7 Å². The van der Waals surface area contributed by atoms with E-state index in [1.165, 1.54) is 0 Å². The van der Waals surface area contributed by atoms with E-state index in [2.05, 4.69) is 5.32 Å². The number of ether oxygens (including phenoxy) is 1. The van der Waals surface area contributed by atoms with Crippen LogP contribution in [-0.4, -0.2) is 38.6 Å². The second kappa shape index (κ2) is 6.08. The first-order valence-electron chi connectivity index (χ1n) is 7.76. The Labute approximate surface area is 130 Å². The van der Waals surface area contributed by atoms with Crippen molar-refractivity contribution in [2.24, 2.45) is 11.8 Å². The van der Waals surface area contributed by atoms with Crippen molar-refractivity contribution < 1.29 is 14.3 Å². The fraction of sp³-hybridized carbons (Fsp3) is 0.529. The van der Waals surface area contributed by atoms with Crippen molar-refractivity contribution >= 4 is 17.5 Å². The predicted molar refractivity (Wildman–Crippen MR) is 83.6 cm³/mol. The molecule has 118 valence electrons. The van der Waals surface area contributed by atoms with Crippen LogP contribution in [0.2, 0.25) is 0 Å². The van der Waals surface area contributed by atoms with Crippen LogP contribution in [0.5, 0.6) is 0 Å². The van der Waals surface area contributed by atoms with Gasteiger partial charge in [-0.1, -0.05) is 18.2 Å². The summed E-state index contributed by atoms with van der Waals surface area (Å²) < 4.78 is 5.24. The number of amides is 2. The zero-order valence-corrected chi connectivity index (χ0v) is 13.0. The molecular weight excluding hydrogens is 280 g/mol. The molecule has 2 aliphatic rings. The molecule has 22 heavy (non-hydrogen) atoms. The van der Waals surface area contributed by atoms with Gasteiger partial charge in [0.05, 0.1) is 6.10 Å². The Hall–Kier alpha value is -1.88. The number of nitrogens with one attached hydrogen (secondary N) is 1. The summed E-state index contributed by atoms with van der Waals surface area (Å²) in [5.41, 5.74) is 1.95. The lowest BCUT2D eigenvalue weighted by atomic mass is 9.82. The van der Waals surface area contributed by atoms with Crippen LogP contribution in [0.15, 0.2) is 24.3 Å². The Morgan fingerprint density at radius 2 is 2.09 bits per heavy atom. The number of rotatable bonds is 4. The average molecular weight is 302 g/mol. The van der Waals surface area contributed by atoms with Crippen molar-refractivity contribution in [3.63, 3.8) is 0 Å². The number of hydrogen-bond acceptors (Lipinski definition) is 3. The maximum absolute atomic E-state index is 12.4. The first-order chi connectivity index (χ1) is 10.6. The molecule has 1 unspecified atom stereocenters. The number of carbonyl (C=O) groups is 2. The third kappa shape index (κ3) is 2.73. The van der Waals surface area contributed by atoms with Gasteiger partial charge in [-0.25, -0.2) is 0 Å². The summed E-state index contributed by atoms with van der Waals surface area (Å²) in [5.74, 6) is -0.428. The van der Waals surface area contributed by atoms with E-state index >= 15 is 0 Å². The molecule has 0 spiro atoms. The summed E-state index contributed by atoms with van der Waals surface area (Å²) in [6, 6.07) is 7.75. The minimum Gasteiger partial charge on any atom is -0.381 e. The summed E-state index contributed by atoms with van der Waals surface area (Å²) >= 11 is 0. The SMILES string of the molecule is COC1CC(CNC(=O)C2Cc3ccccc3N(C)C2=O)C1. The van der Waals surface area contributed by atoms with Crippen LogP contribution in [0.3, 0.4) is 0 Å². The van der Waals surface area contributed by atoms with Gasteiger partial charge in [0.25, 0.3) is 0 Å². The minimum atomic E-state index is -0.613. The average Bonchev–Trinajstić information content (AvgIpc) is 2.49. The molecule has 0 radical (unpaired) electrons. The number of benzene rings is 1. The van der Waals surface area contributed by atoms with E-state index in [0.29, 0.717) is 25.0 Å². The molecule has 1 saturated carbocycles. The molecule has 1 atom stereocenters. The lowest BCUT2D eigenvalue weighted by Crippen LogP contribution is -2.48. The summed E-state index contributed by atoms with van der Waals surface area (Å²) in [6.45, 7) is 0.633. The van der Waals surface area contributed by atoms with E-state index in [4.69, 9.17) is 4.74 Å². The molecule has 1 heterocycles. The number of methoxy groups -OCH3 is 1. The Bertz CT molecular complexity index is 581. The Kier molecular flexibility index (Phi) is 4.16. The molecule has 0 bridgehead atoms. The quantitative estimate of drug-likeness (QED) is 0.855. The lowest BCUT2D eigenvalue weighted by molar-refractivity contribution is -0.134. The minimum absolute atomic E-state index is 0.125. The Morgan fingerprint density at radius 3 is 2.82 bits per heavy atom. The molecule has 5 nitrogen and oxygen atoms in total. The topological polar surface area (TPSA) is 58.6 Å². The van der Waals surface area contributed by atoms with Crippen LogP contribution >= 0.6 is 0 Å². The van der Waals surface area contributed by atoms with Gasteiger partial charge in [-0.2, -0.15) is 0 Å². The molecule has 2 amide bonds. The number of para-hydroxylation sites is 1. The second-order valence-electron chi connectivity index (χ2n) is 6.22. The molecule has 1 aliphatic carbocycles. The smallest absolute Gasteiger partial charge is 0.239 e. The Morgan fingerprint density at radius 1 is 1.36 bits per heavy atom. The van der Waals surface area contributed by atoms with Gasteiger partial charge in [0.2, 0.25) is 11.8 Å². The summed E-state index contributed by atoms with van der Waals surface area (Å²) in [4.78, 5) is 26.4. The second-order valence-corrected chi connectivity index (χ2v) is 6.22. The van der Waals surface area contributed by atoms with E-state index in [1.54, 1.807) is 19.1 Å². The standard InChI is InChI=1S/C17H22N2O3/c1-19-15-6-4-3-5-12(15)9-14(17(19)21)16(20)18-10-11-7-13(8-11)22-2/h3-6,11,13-14H,7-10H2,1-2H3,(H,18,20). The highest BCUT2D eigenvalue weighted by molar-refractivity contribution is 6.09. The van der Waals surface area contributed by atoms with Gasteiger partial charge in [-0.15, -0.1) is 0 Å². The molecular formula is C17H22N2O3. The molecule has 3 rings (SSSR count). The van der Waals surface area contributed by atoms with Crippen LogP contribution in [0.4, 0.5) is 5.69 Å². The largest absolute Gasteiger partial charge is 0.381 e. The number of carbonyl (C=O) groups excluding carboxylic acids is 2. The Balaban J connectivity index is 1.60. The fourth-order valence-electron chi connectivity index (χ4n) is 3.28. The third-order valence-corrected chi connectivity index (χ3v) is 4.81. The first-order valence-corrected chi connectivity index (χ1v) is 7.76. The lowest BCUT2D eigenvalue weighted by Gasteiger charge is -2.35. The van der Waals surface area contributed by atoms with E-state index in [0.717, 1.165) is 24.1 Å². The van der Waals surface area contributed by atoms with Crippen molar-refractivity contribution in [3.05, 3.63) is 29.8 Å². The predicted octanol–water partition coefficient (Wildman–Crippen LogP) is 1.36. The normalized spacial score (nSPS) is 27.1. The maximum Gasteiger partial charge on any atom is 0.239 e. The van der Waals surface area contributed by atoms with Crippen molar-refractivity contribution in [2.75, 3.05) is 25.6 Å². The first kappa shape index (κ1) is 15.0.